The summed E-state index contributed by atoms with van der Waals surface area (Å²) in [4.78, 5) is 11.9. The molecule has 1 aromatic rings. The summed E-state index contributed by atoms with van der Waals surface area (Å²) in [5.74, 6) is 1.20. The third-order valence-corrected chi connectivity index (χ3v) is 5.35. The van der Waals surface area contributed by atoms with Crippen LogP contribution in [0.25, 0.3) is 0 Å². The Hall–Kier alpha value is -1.55. The summed E-state index contributed by atoms with van der Waals surface area (Å²) in [5, 5.41) is 2.84. The minimum atomic E-state index is -0.401. The van der Waals surface area contributed by atoms with Gasteiger partial charge in [0.2, 0.25) is 0 Å². The molecule has 0 radical (unpaired) electrons. The predicted octanol–water partition coefficient (Wildman–Crippen LogP) is 4.39. The van der Waals surface area contributed by atoms with Crippen LogP contribution >= 0.6 is 0 Å². The fraction of sp³-hybridized carbons (Fsp3) is 0.650. The van der Waals surface area contributed by atoms with E-state index in [1.807, 2.05) is 37.3 Å². The van der Waals surface area contributed by atoms with E-state index in [0.717, 1.165) is 5.56 Å². The second-order valence-electron chi connectivity index (χ2n) is 7.80. The summed E-state index contributed by atoms with van der Waals surface area (Å²) in [6.45, 7) is 11.8. The van der Waals surface area contributed by atoms with E-state index in [1.165, 1.54) is 6.42 Å². The summed E-state index contributed by atoms with van der Waals surface area (Å²) < 4.78 is 11.4. The van der Waals surface area contributed by atoms with E-state index in [-0.39, 0.29) is 24.2 Å². The molecule has 1 aromatic carbocycles. The second-order valence-corrected chi connectivity index (χ2v) is 7.80. The number of amides is 1. The minimum absolute atomic E-state index is 0.0767. The molecule has 4 heteroatoms. The number of nitrogens with one attached hydrogen (secondary N) is 1. The molecular weight excluding hydrogens is 302 g/mol. The van der Waals surface area contributed by atoms with Gasteiger partial charge >= 0.3 is 6.09 Å². The zero-order chi connectivity index (χ0) is 17.7. The lowest BCUT2D eigenvalue weighted by Crippen LogP contribution is -2.40. The van der Waals surface area contributed by atoms with Gasteiger partial charge in [-0.15, -0.1) is 0 Å². The number of carbonyl (C=O) groups is 1. The summed E-state index contributed by atoms with van der Waals surface area (Å²) in [6.07, 6.45) is 1.03. The molecule has 1 amide bonds. The largest absolute Gasteiger partial charge is 0.445 e. The standard InChI is InChI=1S/C20H31NO3/c1-14-11-15(2)20(4,5)18(14)23-12-16(3)21-19(22)24-13-17-9-7-6-8-10-17/h6-10,14-16,18H,11-13H2,1-5H3,(H,21,22). The smallest absolute Gasteiger partial charge is 0.407 e. The predicted molar refractivity (Wildman–Crippen MR) is 95.7 cm³/mol. The van der Waals surface area contributed by atoms with Gasteiger partial charge in [-0.05, 0) is 36.2 Å². The van der Waals surface area contributed by atoms with Crippen LogP contribution in [0.4, 0.5) is 4.79 Å². The maximum absolute atomic E-state index is 11.9. The Morgan fingerprint density at radius 3 is 2.54 bits per heavy atom. The summed E-state index contributed by atoms with van der Waals surface area (Å²) in [5.41, 5.74) is 1.15. The van der Waals surface area contributed by atoms with Crippen LogP contribution in [0.3, 0.4) is 0 Å². The molecule has 1 aliphatic carbocycles. The molecule has 1 aliphatic rings. The highest BCUT2D eigenvalue weighted by Gasteiger charge is 2.45. The van der Waals surface area contributed by atoms with Gasteiger partial charge in [-0.3, -0.25) is 0 Å². The molecule has 0 aliphatic heterocycles. The first-order valence-electron chi connectivity index (χ1n) is 8.89. The van der Waals surface area contributed by atoms with Gasteiger partial charge < -0.3 is 14.8 Å². The first-order chi connectivity index (χ1) is 11.3. The monoisotopic (exact) mass is 333 g/mol. The first-order valence-corrected chi connectivity index (χ1v) is 8.89. The van der Waals surface area contributed by atoms with Gasteiger partial charge in [0.05, 0.1) is 18.8 Å². The Kier molecular flexibility index (Phi) is 6.27. The molecule has 0 saturated heterocycles. The van der Waals surface area contributed by atoms with Crippen molar-refractivity contribution in [1.29, 1.82) is 0 Å². The Morgan fingerprint density at radius 1 is 1.29 bits per heavy atom. The van der Waals surface area contributed by atoms with Crippen molar-refractivity contribution in [3.63, 3.8) is 0 Å². The molecular formula is C20H31NO3. The van der Waals surface area contributed by atoms with Gasteiger partial charge in [0.25, 0.3) is 0 Å². The molecule has 4 atom stereocenters. The molecule has 1 fully saturated rings. The molecule has 24 heavy (non-hydrogen) atoms. The number of rotatable bonds is 6. The first kappa shape index (κ1) is 18.8. The molecule has 1 N–H and O–H groups in total. The second kappa shape index (κ2) is 8.02. The van der Waals surface area contributed by atoms with E-state index >= 15 is 0 Å². The zero-order valence-corrected chi connectivity index (χ0v) is 15.5. The molecule has 4 unspecified atom stereocenters. The van der Waals surface area contributed by atoms with E-state index in [1.54, 1.807) is 0 Å². The van der Waals surface area contributed by atoms with Gasteiger partial charge in [-0.2, -0.15) is 0 Å². The lowest BCUT2D eigenvalue weighted by Gasteiger charge is -2.33. The number of alkyl carbamates (subject to hydrolysis) is 1. The van der Waals surface area contributed by atoms with Gasteiger partial charge in [0.15, 0.2) is 0 Å². The summed E-state index contributed by atoms with van der Waals surface area (Å²) >= 11 is 0. The van der Waals surface area contributed by atoms with E-state index in [9.17, 15) is 4.79 Å². The number of hydrogen-bond donors (Lipinski definition) is 1. The third-order valence-electron chi connectivity index (χ3n) is 5.35. The molecule has 2 rings (SSSR count). The Balaban J connectivity index is 1.73. The van der Waals surface area contributed by atoms with Crippen LogP contribution in [0, 0.1) is 17.3 Å². The zero-order valence-electron chi connectivity index (χ0n) is 15.5. The molecule has 134 valence electrons. The van der Waals surface area contributed by atoms with Crippen LogP contribution in [-0.4, -0.2) is 24.8 Å². The lowest BCUT2D eigenvalue weighted by molar-refractivity contribution is -0.0422. The molecule has 0 heterocycles. The van der Waals surface area contributed by atoms with Crippen molar-refractivity contribution in [1.82, 2.24) is 5.32 Å². The van der Waals surface area contributed by atoms with Crippen LogP contribution in [0.15, 0.2) is 30.3 Å². The van der Waals surface area contributed by atoms with Gasteiger partial charge in [0.1, 0.15) is 6.61 Å². The van der Waals surface area contributed by atoms with Crippen molar-refractivity contribution in [3.05, 3.63) is 35.9 Å². The van der Waals surface area contributed by atoms with Gasteiger partial charge in [-0.1, -0.05) is 58.0 Å². The van der Waals surface area contributed by atoms with E-state index in [2.05, 4.69) is 33.0 Å². The summed E-state index contributed by atoms with van der Waals surface area (Å²) in [7, 11) is 0. The van der Waals surface area contributed by atoms with Gasteiger partial charge in [-0.25, -0.2) is 4.79 Å². The Morgan fingerprint density at radius 2 is 1.96 bits per heavy atom. The number of hydrogen-bond acceptors (Lipinski definition) is 3. The maximum atomic E-state index is 11.9. The molecule has 0 bridgehead atoms. The topological polar surface area (TPSA) is 47.6 Å². The van der Waals surface area contributed by atoms with Crippen LogP contribution in [0.1, 0.15) is 46.6 Å². The van der Waals surface area contributed by atoms with Crippen molar-refractivity contribution < 1.29 is 14.3 Å². The van der Waals surface area contributed by atoms with Crippen molar-refractivity contribution in [2.75, 3.05) is 6.61 Å². The van der Waals surface area contributed by atoms with E-state index in [4.69, 9.17) is 9.47 Å². The van der Waals surface area contributed by atoms with Gasteiger partial charge in [0, 0.05) is 0 Å². The quantitative estimate of drug-likeness (QED) is 0.840. The van der Waals surface area contributed by atoms with Crippen LogP contribution in [0.5, 0.6) is 0 Å². The normalized spacial score (nSPS) is 26.8. The minimum Gasteiger partial charge on any atom is -0.445 e. The maximum Gasteiger partial charge on any atom is 0.407 e. The van der Waals surface area contributed by atoms with E-state index < -0.39 is 6.09 Å². The van der Waals surface area contributed by atoms with Crippen molar-refractivity contribution in [2.45, 2.75) is 59.8 Å². The van der Waals surface area contributed by atoms with Crippen LogP contribution < -0.4 is 5.32 Å². The molecule has 0 aromatic heterocycles. The molecule has 1 saturated carbocycles. The fourth-order valence-corrected chi connectivity index (χ4v) is 3.63. The van der Waals surface area contributed by atoms with Crippen molar-refractivity contribution in [2.24, 2.45) is 17.3 Å². The Bertz CT molecular complexity index is 529. The molecule has 4 nitrogen and oxygen atoms in total. The average Bonchev–Trinajstić information content (AvgIpc) is 2.72. The van der Waals surface area contributed by atoms with Crippen molar-refractivity contribution >= 4 is 6.09 Å². The highest BCUT2D eigenvalue weighted by molar-refractivity contribution is 5.67. The SMILES string of the molecule is CC(COC1C(C)CC(C)C1(C)C)NC(=O)OCc1ccccc1. The van der Waals surface area contributed by atoms with Crippen molar-refractivity contribution in [3.8, 4) is 0 Å². The highest BCUT2D eigenvalue weighted by Crippen LogP contribution is 2.47. The third kappa shape index (κ3) is 4.73. The molecule has 0 spiro atoms. The number of carbonyl (C=O) groups excluding carboxylic acids is 1. The van der Waals surface area contributed by atoms with E-state index in [0.29, 0.717) is 18.4 Å². The fourth-order valence-electron chi connectivity index (χ4n) is 3.63. The summed E-state index contributed by atoms with van der Waals surface area (Å²) in [6, 6.07) is 9.59. The number of ether oxygens (including phenoxy) is 2. The number of benzene rings is 1. The highest BCUT2D eigenvalue weighted by atomic mass is 16.5. The average molecular weight is 333 g/mol. The Labute approximate surface area is 145 Å². The van der Waals surface area contributed by atoms with Crippen LogP contribution in [-0.2, 0) is 16.1 Å². The van der Waals surface area contributed by atoms with Crippen LogP contribution in [0.2, 0.25) is 0 Å². The lowest BCUT2D eigenvalue weighted by atomic mass is 9.81.